The molecule has 0 bridgehead atoms. The van der Waals surface area contributed by atoms with E-state index in [4.69, 9.17) is 0 Å². The maximum Gasteiger partial charge on any atom is 0.275 e. The summed E-state index contributed by atoms with van der Waals surface area (Å²) in [5.41, 5.74) is 2.43. The highest BCUT2D eigenvalue weighted by Gasteiger charge is 2.30. The lowest BCUT2D eigenvalue weighted by molar-refractivity contribution is -0.384. The van der Waals surface area contributed by atoms with Crippen LogP contribution >= 0.6 is 0 Å². The van der Waals surface area contributed by atoms with Crippen LogP contribution in [-0.2, 0) is 16.1 Å². The zero-order valence-corrected chi connectivity index (χ0v) is 19.8. The molecule has 1 unspecified atom stereocenters. The maximum absolute atomic E-state index is 13.1. The fraction of sp³-hybridized carbons (Fsp3) is 0.360. The molecule has 36 heavy (non-hydrogen) atoms. The topological polar surface area (TPSA) is 131 Å². The first kappa shape index (κ1) is 23.6. The molecule has 3 heterocycles. The second-order valence-corrected chi connectivity index (χ2v) is 9.22. The van der Waals surface area contributed by atoms with Crippen molar-refractivity contribution in [1.82, 2.24) is 20.0 Å². The predicted octanol–water partition coefficient (Wildman–Crippen LogP) is 1.91. The van der Waals surface area contributed by atoms with Gasteiger partial charge in [-0.1, -0.05) is 12.1 Å². The molecule has 2 saturated heterocycles. The molecule has 2 aliphatic rings. The fourth-order valence-electron chi connectivity index (χ4n) is 4.87. The quantitative estimate of drug-likeness (QED) is 0.326. The van der Waals surface area contributed by atoms with Crippen LogP contribution in [0.5, 0.6) is 0 Å². The van der Waals surface area contributed by atoms with Crippen LogP contribution in [0, 0.1) is 17.0 Å². The second-order valence-electron chi connectivity index (χ2n) is 9.22. The Hall–Kier alpha value is -4.12. The number of aromatic nitrogens is 2. The van der Waals surface area contributed by atoms with Crippen molar-refractivity contribution in [2.24, 2.45) is 0 Å². The van der Waals surface area contributed by atoms with Crippen molar-refractivity contribution < 1.29 is 14.5 Å². The van der Waals surface area contributed by atoms with Gasteiger partial charge in [0.05, 0.1) is 16.0 Å². The van der Waals surface area contributed by atoms with Crippen molar-refractivity contribution in [3.8, 4) is 0 Å². The number of piperazine rings is 1. The summed E-state index contributed by atoms with van der Waals surface area (Å²) in [6, 6.07) is 11.5. The molecule has 5 rings (SSSR count). The van der Waals surface area contributed by atoms with Gasteiger partial charge in [-0.15, -0.1) is 0 Å². The molecule has 2 amide bonds. The van der Waals surface area contributed by atoms with Gasteiger partial charge in [0.15, 0.2) is 0 Å². The lowest BCUT2D eigenvalue weighted by Gasteiger charge is -2.36. The number of carbonyl (C=O) groups excluding carboxylic acids is 2. The number of rotatable bonds is 5. The molecule has 2 fully saturated rings. The molecule has 2 aromatic carbocycles. The van der Waals surface area contributed by atoms with Crippen LogP contribution in [0.3, 0.4) is 0 Å². The first-order valence-corrected chi connectivity index (χ1v) is 11.9. The highest BCUT2D eigenvalue weighted by Crippen LogP contribution is 2.25. The van der Waals surface area contributed by atoms with E-state index >= 15 is 0 Å². The van der Waals surface area contributed by atoms with Gasteiger partial charge >= 0.3 is 0 Å². The van der Waals surface area contributed by atoms with Crippen LogP contribution in [0.15, 0.2) is 47.3 Å². The highest BCUT2D eigenvalue weighted by molar-refractivity contribution is 5.99. The Labute approximate surface area is 206 Å². The maximum atomic E-state index is 13.1. The van der Waals surface area contributed by atoms with Gasteiger partial charge in [0.1, 0.15) is 6.04 Å². The van der Waals surface area contributed by atoms with E-state index in [9.17, 15) is 24.5 Å². The standard InChI is InChI=1S/C25H26N6O5/c1-16-21-14-19(6-7-20(21)25(34)30(27-16)22-8-9-23(32)26-24(22)33)29-12-10-28(11-13-29)15-17-2-4-18(5-3-17)31(35)36/h2-7,14,22H,8-13,15H2,1H3,(H,26,32,33). The molecule has 11 nitrogen and oxygen atoms in total. The SMILES string of the molecule is Cc1nn(C2CCC(=O)NC2=O)c(=O)c2ccc(N3CCN(Cc4ccc([N+](=O)[O-])cc4)CC3)cc12. The van der Waals surface area contributed by atoms with Gasteiger partial charge in [0.25, 0.3) is 17.2 Å². The molecule has 0 radical (unpaired) electrons. The van der Waals surface area contributed by atoms with Gasteiger partial charge < -0.3 is 4.90 Å². The predicted molar refractivity (Wildman–Crippen MR) is 133 cm³/mol. The molecule has 11 heteroatoms. The Kier molecular flexibility index (Phi) is 6.23. The molecule has 0 aliphatic carbocycles. The third kappa shape index (κ3) is 4.57. The third-order valence-electron chi connectivity index (χ3n) is 6.89. The van der Waals surface area contributed by atoms with E-state index in [1.54, 1.807) is 18.2 Å². The largest absolute Gasteiger partial charge is 0.369 e. The van der Waals surface area contributed by atoms with Crippen molar-refractivity contribution in [2.75, 3.05) is 31.1 Å². The average Bonchev–Trinajstić information content (AvgIpc) is 2.87. The normalized spacial score (nSPS) is 18.9. The van der Waals surface area contributed by atoms with Gasteiger partial charge in [0, 0.05) is 62.4 Å². The number of nitrogens with zero attached hydrogens (tertiary/aromatic N) is 5. The number of imide groups is 1. The number of carbonyl (C=O) groups is 2. The molecule has 0 spiro atoms. The van der Waals surface area contributed by atoms with E-state index in [2.05, 4.69) is 20.2 Å². The molecule has 2 aliphatic heterocycles. The van der Waals surface area contributed by atoms with Crippen molar-refractivity contribution >= 4 is 34.0 Å². The third-order valence-corrected chi connectivity index (χ3v) is 6.89. The Bertz CT molecular complexity index is 1410. The van der Waals surface area contributed by atoms with Gasteiger partial charge in [0.2, 0.25) is 5.91 Å². The molecule has 1 aromatic heterocycles. The Morgan fingerprint density at radius 3 is 2.42 bits per heavy atom. The van der Waals surface area contributed by atoms with Crippen LogP contribution < -0.4 is 15.8 Å². The number of aryl methyl sites for hydroxylation is 1. The summed E-state index contributed by atoms with van der Waals surface area (Å²) in [5.74, 6) is -0.831. The summed E-state index contributed by atoms with van der Waals surface area (Å²) in [6.45, 7) is 5.83. The Morgan fingerprint density at radius 1 is 1.03 bits per heavy atom. The van der Waals surface area contributed by atoms with Crippen LogP contribution in [0.25, 0.3) is 10.8 Å². The minimum atomic E-state index is -0.790. The number of amides is 2. The zero-order chi connectivity index (χ0) is 25.4. The number of nitro groups is 1. The summed E-state index contributed by atoms with van der Waals surface area (Å²) in [6.07, 6.45) is 0.432. The Morgan fingerprint density at radius 2 is 1.75 bits per heavy atom. The van der Waals surface area contributed by atoms with E-state index in [1.807, 2.05) is 19.1 Å². The summed E-state index contributed by atoms with van der Waals surface area (Å²) in [7, 11) is 0. The smallest absolute Gasteiger partial charge is 0.275 e. The highest BCUT2D eigenvalue weighted by atomic mass is 16.6. The zero-order valence-electron chi connectivity index (χ0n) is 19.8. The number of hydrogen-bond donors (Lipinski definition) is 1. The molecule has 1 atom stereocenters. The molecule has 0 saturated carbocycles. The number of benzene rings is 2. The minimum absolute atomic E-state index is 0.0912. The number of fused-ring (bicyclic) bond motifs is 1. The van der Waals surface area contributed by atoms with E-state index in [-0.39, 0.29) is 30.0 Å². The summed E-state index contributed by atoms with van der Waals surface area (Å²) in [4.78, 5) is 51.9. The molecule has 186 valence electrons. The van der Waals surface area contributed by atoms with Crippen molar-refractivity contribution in [1.29, 1.82) is 0 Å². The van der Waals surface area contributed by atoms with E-state index < -0.39 is 16.9 Å². The molecular formula is C25H26N6O5. The lowest BCUT2D eigenvalue weighted by Crippen LogP contribution is -2.46. The fourth-order valence-corrected chi connectivity index (χ4v) is 4.87. The number of nitro benzene ring substituents is 1. The average molecular weight is 491 g/mol. The van der Waals surface area contributed by atoms with Gasteiger partial charge in [-0.3, -0.25) is 34.7 Å². The number of hydrogen-bond acceptors (Lipinski definition) is 8. The summed E-state index contributed by atoms with van der Waals surface area (Å²) in [5, 5.41) is 18.8. The van der Waals surface area contributed by atoms with Gasteiger partial charge in [-0.2, -0.15) is 5.10 Å². The molecule has 1 N–H and O–H groups in total. The molecule has 3 aromatic rings. The number of anilines is 1. The monoisotopic (exact) mass is 490 g/mol. The Balaban J connectivity index is 1.30. The van der Waals surface area contributed by atoms with E-state index in [1.165, 1.54) is 16.8 Å². The van der Waals surface area contributed by atoms with Crippen molar-refractivity contribution in [2.45, 2.75) is 32.4 Å². The number of nitrogens with one attached hydrogen (secondary N) is 1. The van der Waals surface area contributed by atoms with Gasteiger partial charge in [-0.05, 0) is 37.1 Å². The number of non-ortho nitro benzene ring substituents is 1. The minimum Gasteiger partial charge on any atom is -0.369 e. The summed E-state index contributed by atoms with van der Waals surface area (Å²) >= 11 is 0. The van der Waals surface area contributed by atoms with E-state index in [0.717, 1.165) is 49.4 Å². The second kappa shape index (κ2) is 9.50. The van der Waals surface area contributed by atoms with Crippen LogP contribution in [0.4, 0.5) is 11.4 Å². The lowest BCUT2D eigenvalue weighted by atomic mass is 10.1. The van der Waals surface area contributed by atoms with Crippen molar-refractivity contribution in [3.05, 3.63) is 74.2 Å². The molecular weight excluding hydrogens is 464 g/mol. The van der Waals surface area contributed by atoms with Crippen LogP contribution in [0.1, 0.15) is 30.1 Å². The van der Waals surface area contributed by atoms with Crippen LogP contribution in [-0.4, -0.2) is 57.6 Å². The van der Waals surface area contributed by atoms with Crippen LogP contribution in [0.2, 0.25) is 0 Å². The van der Waals surface area contributed by atoms with Crippen molar-refractivity contribution in [3.63, 3.8) is 0 Å². The summed E-state index contributed by atoms with van der Waals surface area (Å²) < 4.78 is 1.20. The number of piperidine rings is 1. The first-order chi connectivity index (χ1) is 17.3. The van der Waals surface area contributed by atoms with E-state index in [0.29, 0.717) is 11.1 Å². The van der Waals surface area contributed by atoms with Gasteiger partial charge in [-0.25, -0.2) is 4.68 Å². The first-order valence-electron chi connectivity index (χ1n) is 11.9.